The van der Waals surface area contributed by atoms with Gasteiger partial charge in [0.15, 0.2) is 17.3 Å². The number of ether oxygens (including phenoxy) is 2. The van der Waals surface area contributed by atoms with Crippen LogP contribution in [0, 0.1) is 0 Å². The zero-order chi connectivity index (χ0) is 21.8. The van der Waals surface area contributed by atoms with E-state index in [0.29, 0.717) is 33.4 Å². The van der Waals surface area contributed by atoms with E-state index >= 15 is 0 Å². The van der Waals surface area contributed by atoms with Crippen molar-refractivity contribution in [2.45, 2.75) is 26.2 Å². The number of nitrogens with zero attached hydrogens (tertiary/aromatic N) is 3. The van der Waals surface area contributed by atoms with Crippen LogP contribution in [0.5, 0.6) is 11.5 Å². The van der Waals surface area contributed by atoms with Crippen molar-refractivity contribution in [3.63, 3.8) is 0 Å². The minimum absolute atomic E-state index is 0.190. The van der Waals surface area contributed by atoms with Crippen LogP contribution in [0.25, 0.3) is 22.4 Å². The van der Waals surface area contributed by atoms with Crippen LogP contribution in [-0.2, 0) is 0 Å². The summed E-state index contributed by atoms with van der Waals surface area (Å²) in [5.74, 6) is 1.88. The number of aromatic nitrogens is 3. The molecule has 0 atom stereocenters. The molecule has 0 radical (unpaired) electrons. The van der Waals surface area contributed by atoms with Gasteiger partial charge < -0.3 is 9.47 Å². The van der Waals surface area contributed by atoms with Crippen molar-refractivity contribution in [2.24, 2.45) is 0 Å². The van der Waals surface area contributed by atoms with Crippen LogP contribution < -0.4 is 19.6 Å². The first-order valence-corrected chi connectivity index (χ1v) is 11.7. The first-order chi connectivity index (χ1) is 15.1. The summed E-state index contributed by atoms with van der Waals surface area (Å²) in [7, 11) is 1.61. The topological polar surface area (TPSA) is 65.7 Å². The summed E-state index contributed by atoms with van der Waals surface area (Å²) in [5.41, 5.74) is 1.51. The molecule has 4 rings (SSSR count). The first-order valence-electron chi connectivity index (χ1n) is 10.1. The SMILES string of the molecule is CCCCCOc1ccc(/C=c2\sc3nc(-c4ccccc4Br)nn3c2=O)cc1OC. The minimum atomic E-state index is -0.190. The van der Waals surface area contributed by atoms with E-state index in [4.69, 9.17) is 9.47 Å². The zero-order valence-corrected chi connectivity index (χ0v) is 19.7. The van der Waals surface area contributed by atoms with Gasteiger partial charge in [-0.3, -0.25) is 4.79 Å². The fraction of sp³-hybridized carbons (Fsp3) is 0.261. The number of halogens is 1. The highest BCUT2D eigenvalue weighted by molar-refractivity contribution is 9.10. The Labute approximate surface area is 192 Å². The van der Waals surface area contributed by atoms with Gasteiger partial charge in [-0.2, -0.15) is 9.50 Å². The number of thiazole rings is 1. The molecule has 2 heterocycles. The highest BCUT2D eigenvalue weighted by Gasteiger charge is 2.14. The molecule has 0 fully saturated rings. The molecule has 0 amide bonds. The fourth-order valence-electron chi connectivity index (χ4n) is 3.17. The molecule has 4 aromatic rings. The first kappa shape index (κ1) is 21.5. The molecule has 0 aliphatic rings. The highest BCUT2D eigenvalue weighted by Crippen LogP contribution is 2.29. The van der Waals surface area contributed by atoms with Gasteiger partial charge in [-0.1, -0.05) is 65.2 Å². The molecule has 0 bridgehead atoms. The van der Waals surface area contributed by atoms with Crippen molar-refractivity contribution >= 4 is 38.3 Å². The van der Waals surface area contributed by atoms with Crippen molar-refractivity contribution in [2.75, 3.05) is 13.7 Å². The molecular weight excluding hydrogens is 478 g/mol. The number of methoxy groups -OCH3 is 1. The van der Waals surface area contributed by atoms with Gasteiger partial charge in [0.1, 0.15) is 0 Å². The van der Waals surface area contributed by atoms with Gasteiger partial charge in [-0.05, 0) is 42.3 Å². The number of unbranched alkanes of at least 4 members (excludes halogenated alkanes) is 2. The summed E-state index contributed by atoms with van der Waals surface area (Å²) >= 11 is 4.82. The summed E-state index contributed by atoms with van der Waals surface area (Å²) in [5, 5.41) is 4.41. The third kappa shape index (κ3) is 4.65. The number of hydrogen-bond acceptors (Lipinski definition) is 6. The lowest BCUT2D eigenvalue weighted by molar-refractivity contribution is 0.286. The predicted molar refractivity (Wildman–Crippen MR) is 127 cm³/mol. The van der Waals surface area contributed by atoms with E-state index in [1.54, 1.807) is 7.11 Å². The Bertz CT molecular complexity index is 1320. The van der Waals surface area contributed by atoms with Crippen LogP contribution in [0.15, 0.2) is 51.7 Å². The Morgan fingerprint density at radius 1 is 1.16 bits per heavy atom. The van der Waals surface area contributed by atoms with E-state index < -0.39 is 0 Å². The van der Waals surface area contributed by atoms with Gasteiger partial charge in [0.05, 0.1) is 18.2 Å². The predicted octanol–water partition coefficient (Wildman–Crippen LogP) is 4.71. The van der Waals surface area contributed by atoms with Gasteiger partial charge >= 0.3 is 0 Å². The fourth-order valence-corrected chi connectivity index (χ4v) is 4.54. The van der Waals surface area contributed by atoms with E-state index in [2.05, 4.69) is 32.9 Å². The summed E-state index contributed by atoms with van der Waals surface area (Å²) in [6.45, 7) is 2.82. The minimum Gasteiger partial charge on any atom is -0.493 e. The van der Waals surface area contributed by atoms with Crippen LogP contribution in [0.4, 0.5) is 0 Å². The Morgan fingerprint density at radius 3 is 2.74 bits per heavy atom. The van der Waals surface area contributed by atoms with E-state index in [1.165, 1.54) is 15.9 Å². The molecule has 0 saturated heterocycles. The van der Waals surface area contributed by atoms with Crippen molar-refractivity contribution in [3.05, 3.63) is 67.4 Å². The monoisotopic (exact) mass is 499 g/mol. The zero-order valence-electron chi connectivity index (χ0n) is 17.3. The van der Waals surface area contributed by atoms with Crippen LogP contribution in [0.3, 0.4) is 0 Å². The highest BCUT2D eigenvalue weighted by atomic mass is 79.9. The second-order valence-corrected chi connectivity index (χ2v) is 8.85. The summed E-state index contributed by atoms with van der Waals surface area (Å²) in [6, 6.07) is 13.3. The van der Waals surface area contributed by atoms with Crippen molar-refractivity contribution < 1.29 is 9.47 Å². The Hall–Kier alpha value is -2.71. The summed E-state index contributed by atoms with van der Waals surface area (Å²) in [6.07, 6.45) is 5.12. The molecule has 8 heteroatoms. The second kappa shape index (κ2) is 9.62. The molecule has 0 N–H and O–H groups in total. The average molecular weight is 500 g/mol. The van der Waals surface area contributed by atoms with E-state index in [9.17, 15) is 4.79 Å². The molecule has 0 spiro atoms. The number of hydrogen-bond donors (Lipinski definition) is 0. The molecule has 31 heavy (non-hydrogen) atoms. The normalized spacial score (nSPS) is 11.9. The molecule has 2 aromatic carbocycles. The average Bonchev–Trinajstić information content (AvgIpc) is 3.31. The van der Waals surface area contributed by atoms with Gasteiger partial charge in [0.25, 0.3) is 5.56 Å². The second-order valence-electron chi connectivity index (χ2n) is 6.99. The smallest absolute Gasteiger partial charge is 0.291 e. The van der Waals surface area contributed by atoms with Crippen LogP contribution in [0.1, 0.15) is 31.7 Å². The standard InChI is InChI=1S/C23H22BrN3O3S/c1-3-4-7-12-30-18-11-10-15(13-19(18)29-2)14-20-22(28)27-23(31-20)25-21(26-27)16-8-5-6-9-17(16)24/h5-6,8-11,13-14H,3-4,7,12H2,1-2H3/b20-14-. The summed E-state index contributed by atoms with van der Waals surface area (Å²) < 4.78 is 14.1. The maximum absolute atomic E-state index is 12.9. The van der Waals surface area contributed by atoms with Gasteiger partial charge in [0.2, 0.25) is 4.96 Å². The lowest BCUT2D eigenvalue weighted by Gasteiger charge is -2.11. The third-order valence-corrected chi connectivity index (χ3v) is 6.44. The van der Waals surface area contributed by atoms with Crippen molar-refractivity contribution in [1.82, 2.24) is 14.6 Å². The quantitative estimate of drug-likeness (QED) is 0.328. The molecule has 6 nitrogen and oxygen atoms in total. The lowest BCUT2D eigenvalue weighted by Crippen LogP contribution is -2.23. The number of rotatable bonds is 8. The van der Waals surface area contributed by atoms with E-state index in [1.807, 2.05) is 48.5 Å². The van der Waals surface area contributed by atoms with Gasteiger partial charge in [-0.15, -0.1) is 5.10 Å². The molecule has 160 valence electrons. The Morgan fingerprint density at radius 2 is 2.00 bits per heavy atom. The molecule has 0 unspecified atom stereocenters. The van der Waals surface area contributed by atoms with Crippen LogP contribution >= 0.6 is 27.3 Å². The Kier molecular flexibility index (Phi) is 6.67. The maximum Gasteiger partial charge on any atom is 0.291 e. The molecule has 2 aromatic heterocycles. The molecule has 0 aliphatic heterocycles. The third-order valence-electron chi connectivity index (χ3n) is 4.79. The largest absolute Gasteiger partial charge is 0.493 e. The molecule has 0 aliphatic carbocycles. The Balaban J connectivity index is 1.63. The maximum atomic E-state index is 12.9. The van der Waals surface area contributed by atoms with Crippen molar-refractivity contribution in [1.29, 1.82) is 0 Å². The number of fused-ring (bicyclic) bond motifs is 1. The van der Waals surface area contributed by atoms with E-state index in [-0.39, 0.29) is 5.56 Å². The summed E-state index contributed by atoms with van der Waals surface area (Å²) in [4.78, 5) is 18.0. The van der Waals surface area contributed by atoms with Crippen molar-refractivity contribution in [3.8, 4) is 22.9 Å². The lowest BCUT2D eigenvalue weighted by atomic mass is 10.2. The molecular formula is C23H22BrN3O3S. The molecule has 0 saturated carbocycles. The van der Waals surface area contributed by atoms with Gasteiger partial charge in [0, 0.05) is 10.0 Å². The van der Waals surface area contributed by atoms with Crippen LogP contribution in [-0.4, -0.2) is 28.3 Å². The van der Waals surface area contributed by atoms with Gasteiger partial charge in [-0.25, -0.2) is 0 Å². The van der Waals surface area contributed by atoms with Crippen LogP contribution in [0.2, 0.25) is 0 Å². The number of benzene rings is 2. The van der Waals surface area contributed by atoms with E-state index in [0.717, 1.165) is 34.9 Å².